The summed E-state index contributed by atoms with van der Waals surface area (Å²) < 4.78 is 10.6. The van der Waals surface area contributed by atoms with Gasteiger partial charge in [0.05, 0.1) is 17.8 Å². The standard InChI is InChI=1S/C24H22ClN3O4/c1-15(16-6-8-17(25)9-7-16)26-13-23(29)28-20-5-3-2-4-19(20)24(30)27-18-10-11-21-22(12-18)32-14-31-21/h2-12,15,26H,13-14H2,1H3,(H,27,30)(H,28,29)/t15-/m1/s1. The van der Waals surface area contributed by atoms with Crippen molar-refractivity contribution in [2.75, 3.05) is 24.0 Å². The lowest BCUT2D eigenvalue weighted by Crippen LogP contribution is -2.30. The van der Waals surface area contributed by atoms with Gasteiger partial charge in [0.2, 0.25) is 12.7 Å². The van der Waals surface area contributed by atoms with Gasteiger partial charge in [-0.1, -0.05) is 35.9 Å². The molecule has 3 aromatic rings. The van der Waals surface area contributed by atoms with E-state index in [9.17, 15) is 9.59 Å². The van der Waals surface area contributed by atoms with E-state index < -0.39 is 0 Å². The van der Waals surface area contributed by atoms with Gasteiger partial charge in [0, 0.05) is 22.8 Å². The lowest BCUT2D eigenvalue weighted by atomic mass is 10.1. The van der Waals surface area contributed by atoms with Crippen molar-refractivity contribution in [1.29, 1.82) is 0 Å². The van der Waals surface area contributed by atoms with E-state index in [1.807, 2.05) is 31.2 Å². The van der Waals surface area contributed by atoms with Crippen LogP contribution in [0.25, 0.3) is 0 Å². The number of nitrogens with one attached hydrogen (secondary N) is 3. The Labute approximate surface area is 190 Å². The lowest BCUT2D eigenvalue weighted by Gasteiger charge is -2.15. The summed E-state index contributed by atoms with van der Waals surface area (Å²) in [5.41, 5.74) is 2.37. The summed E-state index contributed by atoms with van der Waals surface area (Å²) in [7, 11) is 0. The number of amides is 2. The fourth-order valence-electron chi connectivity index (χ4n) is 3.27. The number of carbonyl (C=O) groups is 2. The van der Waals surface area contributed by atoms with Crippen LogP contribution in [0.4, 0.5) is 11.4 Å². The third-order valence-electron chi connectivity index (χ3n) is 5.02. The number of benzene rings is 3. The van der Waals surface area contributed by atoms with Gasteiger partial charge in [-0.3, -0.25) is 9.59 Å². The maximum Gasteiger partial charge on any atom is 0.257 e. The van der Waals surface area contributed by atoms with Crippen molar-refractivity contribution >= 4 is 34.8 Å². The maximum absolute atomic E-state index is 12.8. The second-order valence-electron chi connectivity index (χ2n) is 7.27. The van der Waals surface area contributed by atoms with E-state index in [4.69, 9.17) is 21.1 Å². The molecule has 0 bridgehead atoms. The largest absolute Gasteiger partial charge is 0.454 e. The minimum atomic E-state index is -0.345. The summed E-state index contributed by atoms with van der Waals surface area (Å²) in [5, 5.41) is 9.46. The zero-order chi connectivity index (χ0) is 22.5. The minimum absolute atomic E-state index is 0.0393. The van der Waals surface area contributed by atoms with E-state index in [0.717, 1.165) is 5.56 Å². The summed E-state index contributed by atoms with van der Waals surface area (Å²) in [4.78, 5) is 25.3. The van der Waals surface area contributed by atoms with Gasteiger partial charge < -0.3 is 25.4 Å². The molecule has 1 heterocycles. The Morgan fingerprint density at radius 2 is 1.72 bits per heavy atom. The van der Waals surface area contributed by atoms with E-state index in [2.05, 4.69) is 16.0 Å². The van der Waals surface area contributed by atoms with Crippen LogP contribution in [0.15, 0.2) is 66.7 Å². The third kappa shape index (κ3) is 5.19. The number of ether oxygens (including phenoxy) is 2. The molecule has 0 fully saturated rings. The number of halogens is 1. The highest BCUT2D eigenvalue weighted by Gasteiger charge is 2.17. The molecule has 0 aliphatic carbocycles. The molecule has 1 aliphatic rings. The molecule has 0 spiro atoms. The molecule has 1 atom stereocenters. The molecule has 0 unspecified atom stereocenters. The molecule has 4 rings (SSSR count). The molecule has 0 radical (unpaired) electrons. The van der Waals surface area contributed by atoms with E-state index >= 15 is 0 Å². The minimum Gasteiger partial charge on any atom is -0.454 e. The van der Waals surface area contributed by atoms with Gasteiger partial charge in [-0.25, -0.2) is 0 Å². The monoisotopic (exact) mass is 451 g/mol. The Hall–Kier alpha value is -3.55. The summed E-state index contributed by atoms with van der Waals surface area (Å²) in [6.45, 7) is 2.21. The Morgan fingerprint density at radius 1 is 0.969 bits per heavy atom. The molecule has 8 heteroatoms. The normalized spacial score (nSPS) is 12.8. The molecule has 32 heavy (non-hydrogen) atoms. The van der Waals surface area contributed by atoms with E-state index in [1.165, 1.54) is 0 Å². The van der Waals surface area contributed by atoms with Crippen LogP contribution in [0.3, 0.4) is 0 Å². The average Bonchev–Trinajstić information content (AvgIpc) is 3.26. The number of para-hydroxylation sites is 1. The Kier molecular flexibility index (Phi) is 6.58. The first-order valence-corrected chi connectivity index (χ1v) is 10.5. The van der Waals surface area contributed by atoms with Crippen LogP contribution in [-0.2, 0) is 4.79 Å². The number of fused-ring (bicyclic) bond motifs is 1. The number of rotatable bonds is 7. The smallest absolute Gasteiger partial charge is 0.257 e. The lowest BCUT2D eigenvalue weighted by molar-refractivity contribution is -0.115. The zero-order valence-electron chi connectivity index (χ0n) is 17.4. The van der Waals surface area contributed by atoms with Crippen molar-refractivity contribution < 1.29 is 19.1 Å². The van der Waals surface area contributed by atoms with Crippen LogP contribution in [0.1, 0.15) is 28.9 Å². The molecular formula is C24H22ClN3O4. The predicted octanol–water partition coefficient (Wildman–Crippen LogP) is 4.61. The second kappa shape index (κ2) is 9.72. The van der Waals surface area contributed by atoms with Crippen molar-refractivity contribution in [2.24, 2.45) is 0 Å². The fraction of sp³-hybridized carbons (Fsp3) is 0.167. The van der Waals surface area contributed by atoms with Crippen molar-refractivity contribution in [2.45, 2.75) is 13.0 Å². The topological polar surface area (TPSA) is 88.7 Å². The van der Waals surface area contributed by atoms with Crippen LogP contribution in [0.5, 0.6) is 11.5 Å². The van der Waals surface area contributed by atoms with Gasteiger partial charge in [-0.15, -0.1) is 0 Å². The summed E-state index contributed by atoms with van der Waals surface area (Å²) >= 11 is 5.92. The van der Waals surface area contributed by atoms with Gasteiger partial charge in [0.1, 0.15) is 0 Å². The van der Waals surface area contributed by atoms with E-state index in [1.54, 1.807) is 42.5 Å². The van der Waals surface area contributed by atoms with Crippen LogP contribution < -0.4 is 25.4 Å². The molecule has 0 saturated carbocycles. The van der Waals surface area contributed by atoms with Crippen LogP contribution in [0, 0.1) is 0 Å². The number of anilines is 2. The van der Waals surface area contributed by atoms with Crippen LogP contribution in [0.2, 0.25) is 5.02 Å². The predicted molar refractivity (Wildman–Crippen MR) is 123 cm³/mol. The molecule has 0 aromatic heterocycles. The highest BCUT2D eigenvalue weighted by Crippen LogP contribution is 2.34. The SMILES string of the molecule is C[C@@H](NCC(=O)Nc1ccccc1C(=O)Nc1ccc2c(c1)OCO2)c1ccc(Cl)cc1. The summed E-state index contributed by atoms with van der Waals surface area (Å²) in [6.07, 6.45) is 0. The summed E-state index contributed by atoms with van der Waals surface area (Å²) in [6, 6.07) is 19.4. The van der Waals surface area contributed by atoms with Gasteiger partial charge in [-0.05, 0) is 48.9 Å². The second-order valence-corrected chi connectivity index (χ2v) is 7.71. The number of carbonyl (C=O) groups excluding carboxylic acids is 2. The molecular weight excluding hydrogens is 430 g/mol. The molecule has 1 aliphatic heterocycles. The van der Waals surface area contributed by atoms with Crippen molar-refractivity contribution in [3.8, 4) is 11.5 Å². The van der Waals surface area contributed by atoms with Crippen LogP contribution >= 0.6 is 11.6 Å². The average molecular weight is 452 g/mol. The molecule has 3 aromatic carbocycles. The van der Waals surface area contributed by atoms with Crippen LogP contribution in [-0.4, -0.2) is 25.2 Å². The Morgan fingerprint density at radius 3 is 2.53 bits per heavy atom. The first kappa shape index (κ1) is 21.7. The number of hydrogen-bond donors (Lipinski definition) is 3. The highest BCUT2D eigenvalue weighted by atomic mass is 35.5. The highest BCUT2D eigenvalue weighted by molar-refractivity contribution is 6.30. The Bertz CT molecular complexity index is 1130. The summed E-state index contributed by atoms with van der Waals surface area (Å²) in [5.74, 6) is 0.609. The van der Waals surface area contributed by atoms with Gasteiger partial charge >= 0.3 is 0 Å². The molecule has 0 saturated heterocycles. The molecule has 3 N–H and O–H groups in total. The Balaban J connectivity index is 1.37. The molecule has 2 amide bonds. The van der Waals surface area contributed by atoms with Gasteiger partial charge in [0.15, 0.2) is 11.5 Å². The maximum atomic E-state index is 12.8. The van der Waals surface area contributed by atoms with Crippen molar-refractivity contribution in [1.82, 2.24) is 5.32 Å². The first-order valence-electron chi connectivity index (χ1n) is 10.1. The van der Waals surface area contributed by atoms with E-state index in [0.29, 0.717) is 33.5 Å². The third-order valence-corrected chi connectivity index (χ3v) is 5.27. The first-order chi connectivity index (χ1) is 15.5. The number of hydrogen-bond acceptors (Lipinski definition) is 5. The fourth-order valence-corrected chi connectivity index (χ4v) is 3.40. The molecule has 7 nitrogen and oxygen atoms in total. The quantitative estimate of drug-likeness (QED) is 0.488. The molecule has 164 valence electrons. The van der Waals surface area contributed by atoms with Crippen molar-refractivity contribution in [3.63, 3.8) is 0 Å². The van der Waals surface area contributed by atoms with Crippen molar-refractivity contribution in [3.05, 3.63) is 82.9 Å². The van der Waals surface area contributed by atoms with E-state index in [-0.39, 0.29) is 31.2 Å². The van der Waals surface area contributed by atoms with Gasteiger partial charge in [0.25, 0.3) is 5.91 Å². The van der Waals surface area contributed by atoms with Gasteiger partial charge in [-0.2, -0.15) is 0 Å². The zero-order valence-corrected chi connectivity index (χ0v) is 18.1.